The molecule has 0 aliphatic carbocycles. The molecular formula is C15H15N3S. The zero-order valence-electron chi connectivity index (χ0n) is 10.6. The normalized spacial score (nSPS) is 12.7. The zero-order valence-corrected chi connectivity index (χ0v) is 11.4. The van der Waals surface area contributed by atoms with Crippen molar-refractivity contribution in [2.24, 2.45) is 5.84 Å². The van der Waals surface area contributed by atoms with E-state index in [-0.39, 0.29) is 6.04 Å². The van der Waals surface area contributed by atoms with E-state index >= 15 is 0 Å². The first-order valence-corrected chi connectivity index (χ1v) is 6.96. The monoisotopic (exact) mass is 269 g/mol. The van der Waals surface area contributed by atoms with E-state index in [0.29, 0.717) is 0 Å². The van der Waals surface area contributed by atoms with Crippen LogP contribution in [0.1, 0.15) is 22.0 Å². The van der Waals surface area contributed by atoms with Crippen LogP contribution < -0.4 is 11.3 Å². The van der Waals surface area contributed by atoms with Crippen LogP contribution in [0.2, 0.25) is 0 Å². The van der Waals surface area contributed by atoms with Crippen molar-refractivity contribution in [1.82, 2.24) is 10.4 Å². The quantitative estimate of drug-likeness (QED) is 0.567. The zero-order chi connectivity index (χ0) is 13.2. The second-order valence-electron chi connectivity index (χ2n) is 4.58. The molecule has 1 unspecified atom stereocenters. The Bertz CT molecular complexity index is 672. The Hall–Kier alpha value is -1.75. The summed E-state index contributed by atoms with van der Waals surface area (Å²) in [6, 6.07) is 12.7. The molecule has 3 rings (SSSR count). The van der Waals surface area contributed by atoms with E-state index < -0.39 is 0 Å². The van der Waals surface area contributed by atoms with Crippen molar-refractivity contribution in [3.63, 3.8) is 0 Å². The van der Waals surface area contributed by atoms with Crippen LogP contribution in [0.3, 0.4) is 0 Å². The van der Waals surface area contributed by atoms with Gasteiger partial charge in [0, 0.05) is 22.0 Å². The third-order valence-corrected chi connectivity index (χ3v) is 4.31. The van der Waals surface area contributed by atoms with Gasteiger partial charge in [0.25, 0.3) is 0 Å². The van der Waals surface area contributed by atoms with Crippen molar-refractivity contribution >= 4 is 21.4 Å². The molecule has 0 fully saturated rings. The maximum absolute atomic E-state index is 5.74. The van der Waals surface area contributed by atoms with Crippen molar-refractivity contribution in [1.29, 1.82) is 0 Å². The highest BCUT2D eigenvalue weighted by Gasteiger charge is 2.15. The molecule has 2 aromatic heterocycles. The van der Waals surface area contributed by atoms with Crippen LogP contribution in [-0.4, -0.2) is 4.98 Å². The summed E-state index contributed by atoms with van der Waals surface area (Å²) in [5.41, 5.74) is 5.12. The number of hydrogen-bond acceptors (Lipinski definition) is 4. The Morgan fingerprint density at radius 2 is 2.05 bits per heavy atom. The number of nitrogens with zero attached hydrogens (tertiary/aromatic N) is 1. The van der Waals surface area contributed by atoms with Crippen LogP contribution in [-0.2, 0) is 0 Å². The summed E-state index contributed by atoms with van der Waals surface area (Å²) in [5, 5.41) is 1.25. The minimum absolute atomic E-state index is 0.00944. The van der Waals surface area contributed by atoms with Crippen molar-refractivity contribution in [2.75, 3.05) is 0 Å². The van der Waals surface area contributed by atoms with Gasteiger partial charge < -0.3 is 0 Å². The molecule has 0 aliphatic heterocycles. The molecule has 0 spiro atoms. The summed E-state index contributed by atoms with van der Waals surface area (Å²) in [5.74, 6) is 5.74. The molecule has 1 aromatic carbocycles. The number of hydrogen-bond donors (Lipinski definition) is 2. The fourth-order valence-electron chi connectivity index (χ4n) is 2.22. The van der Waals surface area contributed by atoms with Crippen LogP contribution in [0.15, 0.2) is 48.8 Å². The lowest BCUT2D eigenvalue weighted by Gasteiger charge is -2.14. The molecule has 1 atom stereocenters. The van der Waals surface area contributed by atoms with Gasteiger partial charge in [-0.05, 0) is 35.6 Å². The van der Waals surface area contributed by atoms with Gasteiger partial charge in [-0.2, -0.15) is 0 Å². The number of fused-ring (bicyclic) bond motifs is 1. The number of nitrogens with one attached hydrogen (secondary N) is 1. The maximum atomic E-state index is 5.74. The topological polar surface area (TPSA) is 50.9 Å². The molecule has 96 valence electrons. The molecule has 3 nitrogen and oxygen atoms in total. The van der Waals surface area contributed by atoms with Crippen LogP contribution in [0, 0.1) is 6.92 Å². The fraction of sp³-hybridized carbons (Fsp3) is 0.133. The fourth-order valence-corrected chi connectivity index (χ4v) is 3.38. The molecule has 4 heteroatoms. The van der Waals surface area contributed by atoms with Crippen LogP contribution >= 0.6 is 11.3 Å². The molecule has 0 aliphatic rings. The van der Waals surface area contributed by atoms with Crippen LogP contribution in [0.25, 0.3) is 10.1 Å². The molecule has 19 heavy (non-hydrogen) atoms. The lowest BCUT2D eigenvalue weighted by Crippen LogP contribution is -2.28. The van der Waals surface area contributed by atoms with Gasteiger partial charge in [0.15, 0.2) is 0 Å². The van der Waals surface area contributed by atoms with E-state index in [2.05, 4.69) is 46.8 Å². The van der Waals surface area contributed by atoms with E-state index in [1.165, 1.54) is 15.0 Å². The summed E-state index contributed by atoms with van der Waals surface area (Å²) < 4.78 is 1.28. The Balaban J connectivity index is 2.06. The predicted octanol–water partition coefficient (Wildman–Crippen LogP) is 3.16. The largest absolute Gasteiger partial charge is 0.271 e. The second-order valence-corrected chi connectivity index (χ2v) is 5.70. The van der Waals surface area contributed by atoms with Gasteiger partial charge in [0.2, 0.25) is 0 Å². The van der Waals surface area contributed by atoms with Gasteiger partial charge in [-0.1, -0.05) is 24.3 Å². The van der Waals surface area contributed by atoms with Crippen molar-refractivity contribution < 1.29 is 0 Å². The molecule has 3 N–H and O–H groups in total. The molecule has 3 aromatic rings. The number of benzene rings is 1. The molecule has 0 saturated carbocycles. The first-order valence-electron chi connectivity index (χ1n) is 6.14. The van der Waals surface area contributed by atoms with E-state index in [1.807, 2.05) is 19.3 Å². The van der Waals surface area contributed by atoms with Gasteiger partial charge in [0.05, 0.1) is 6.04 Å². The number of hydrazine groups is 1. The van der Waals surface area contributed by atoms with Crippen molar-refractivity contribution in [3.05, 3.63) is 64.8 Å². The Labute approximate surface area is 116 Å². The van der Waals surface area contributed by atoms with Crippen molar-refractivity contribution in [3.8, 4) is 0 Å². The standard InChI is InChI=1S/C15H15N3S/c1-10-6-12(9-17-8-10)15(18-16)14-7-11-4-2-3-5-13(11)19-14/h2-9,15,18H,16H2,1H3. The maximum Gasteiger partial charge on any atom is 0.0817 e. The van der Waals surface area contributed by atoms with Crippen LogP contribution in [0.5, 0.6) is 0 Å². The average Bonchev–Trinajstić information content (AvgIpc) is 2.83. The molecule has 0 bridgehead atoms. The third-order valence-electron chi connectivity index (χ3n) is 3.13. The van der Waals surface area contributed by atoms with E-state index in [9.17, 15) is 0 Å². The molecule has 0 radical (unpaired) electrons. The van der Waals surface area contributed by atoms with E-state index in [4.69, 9.17) is 5.84 Å². The van der Waals surface area contributed by atoms with Gasteiger partial charge >= 0.3 is 0 Å². The summed E-state index contributed by atoms with van der Waals surface area (Å²) in [6.07, 6.45) is 3.71. The summed E-state index contributed by atoms with van der Waals surface area (Å²) >= 11 is 1.76. The number of pyridine rings is 1. The summed E-state index contributed by atoms with van der Waals surface area (Å²) in [6.45, 7) is 2.04. The highest BCUT2D eigenvalue weighted by Crippen LogP contribution is 2.32. The molecule has 2 heterocycles. The SMILES string of the molecule is Cc1cncc(C(NN)c2cc3ccccc3s2)c1. The molecule has 0 amide bonds. The first-order chi connectivity index (χ1) is 9.28. The van der Waals surface area contributed by atoms with E-state index in [0.717, 1.165) is 11.1 Å². The Kier molecular flexibility index (Phi) is 3.29. The van der Waals surface area contributed by atoms with Gasteiger partial charge in [0.1, 0.15) is 0 Å². The minimum Gasteiger partial charge on any atom is -0.271 e. The van der Waals surface area contributed by atoms with Gasteiger partial charge in [-0.25, -0.2) is 5.43 Å². The number of rotatable bonds is 3. The predicted molar refractivity (Wildman–Crippen MR) is 80.0 cm³/mol. The van der Waals surface area contributed by atoms with E-state index in [1.54, 1.807) is 11.3 Å². The summed E-state index contributed by atoms with van der Waals surface area (Å²) in [4.78, 5) is 5.45. The lowest BCUT2D eigenvalue weighted by molar-refractivity contribution is 0.644. The highest BCUT2D eigenvalue weighted by atomic mass is 32.1. The first kappa shape index (κ1) is 12.3. The minimum atomic E-state index is -0.00944. The molecular weight excluding hydrogens is 254 g/mol. The lowest BCUT2D eigenvalue weighted by atomic mass is 10.1. The Morgan fingerprint density at radius 1 is 1.21 bits per heavy atom. The van der Waals surface area contributed by atoms with Gasteiger partial charge in [-0.15, -0.1) is 11.3 Å². The Morgan fingerprint density at radius 3 is 2.79 bits per heavy atom. The summed E-state index contributed by atoms with van der Waals surface area (Å²) in [7, 11) is 0. The van der Waals surface area contributed by atoms with Gasteiger partial charge in [-0.3, -0.25) is 10.8 Å². The van der Waals surface area contributed by atoms with Crippen LogP contribution in [0.4, 0.5) is 0 Å². The smallest absolute Gasteiger partial charge is 0.0817 e. The average molecular weight is 269 g/mol. The molecule has 0 saturated heterocycles. The number of thiophene rings is 1. The van der Waals surface area contributed by atoms with Crippen molar-refractivity contribution in [2.45, 2.75) is 13.0 Å². The third kappa shape index (κ3) is 2.38. The highest BCUT2D eigenvalue weighted by molar-refractivity contribution is 7.19. The number of aryl methyl sites for hydroxylation is 1. The number of aromatic nitrogens is 1. The number of nitrogens with two attached hydrogens (primary N) is 1. The second kappa shape index (κ2) is 5.09.